The van der Waals surface area contributed by atoms with E-state index in [4.69, 9.17) is 9.47 Å². The lowest BCUT2D eigenvalue weighted by Gasteiger charge is -2.15. The van der Waals surface area contributed by atoms with Crippen molar-refractivity contribution >= 4 is 27.3 Å². The summed E-state index contributed by atoms with van der Waals surface area (Å²) in [6.45, 7) is 0.592. The maximum absolute atomic E-state index is 13.8. The average Bonchev–Trinajstić information content (AvgIpc) is 2.99. The first-order valence-corrected chi connectivity index (χ1v) is 12.7. The molecule has 0 radical (unpaired) electrons. The van der Waals surface area contributed by atoms with Gasteiger partial charge in [0.15, 0.2) is 5.78 Å². The zero-order chi connectivity index (χ0) is 25.7. The lowest BCUT2D eigenvalue weighted by molar-refractivity contribution is 0.103. The molecule has 0 unspecified atom stereocenters. The maximum atomic E-state index is 13.8. The van der Waals surface area contributed by atoms with E-state index in [1.807, 2.05) is 109 Å². The van der Waals surface area contributed by atoms with Crippen LogP contribution in [0.5, 0.6) is 11.5 Å². The molecule has 0 amide bonds. The molecule has 6 aromatic carbocycles. The molecule has 0 fully saturated rings. The minimum Gasteiger partial charge on any atom is -0.488 e. The second kappa shape index (κ2) is 10.6. The summed E-state index contributed by atoms with van der Waals surface area (Å²) < 4.78 is 12.5. The Morgan fingerprint density at radius 2 is 0.842 bits per heavy atom. The van der Waals surface area contributed by atoms with Crippen LogP contribution in [0.2, 0.25) is 0 Å². The van der Waals surface area contributed by atoms with E-state index in [0.717, 1.165) is 44.2 Å². The number of ketones is 1. The van der Waals surface area contributed by atoms with Gasteiger partial charge in [-0.05, 0) is 22.9 Å². The van der Waals surface area contributed by atoms with E-state index in [9.17, 15) is 4.79 Å². The topological polar surface area (TPSA) is 35.5 Å². The van der Waals surface area contributed by atoms with Crippen molar-refractivity contribution < 1.29 is 14.3 Å². The monoisotopic (exact) mass is 494 g/mol. The quantitative estimate of drug-likeness (QED) is 0.199. The van der Waals surface area contributed by atoms with Crippen LogP contribution in [0, 0.1) is 0 Å². The van der Waals surface area contributed by atoms with Crippen molar-refractivity contribution in [3.63, 3.8) is 0 Å². The first-order valence-electron chi connectivity index (χ1n) is 12.7. The smallest absolute Gasteiger partial charge is 0.193 e. The lowest BCUT2D eigenvalue weighted by Crippen LogP contribution is -2.11. The van der Waals surface area contributed by atoms with Crippen molar-refractivity contribution in [3.05, 3.63) is 156 Å². The Morgan fingerprint density at radius 3 is 1.34 bits per heavy atom. The van der Waals surface area contributed by atoms with Crippen molar-refractivity contribution in [1.29, 1.82) is 0 Å². The molecular weight excluding hydrogens is 468 g/mol. The van der Waals surface area contributed by atoms with Gasteiger partial charge in [0, 0.05) is 33.0 Å². The van der Waals surface area contributed by atoms with Gasteiger partial charge in [0.05, 0.1) is 0 Å². The number of hydrogen-bond donors (Lipinski definition) is 0. The highest BCUT2D eigenvalue weighted by Crippen LogP contribution is 2.28. The summed E-state index contributed by atoms with van der Waals surface area (Å²) in [7, 11) is 0. The van der Waals surface area contributed by atoms with Crippen molar-refractivity contribution in [2.24, 2.45) is 0 Å². The molecule has 0 aliphatic rings. The number of benzene rings is 6. The molecule has 6 rings (SSSR count). The summed E-state index contributed by atoms with van der Waals surface area (Å²) in [5.41, 5.74) is 2.95. The molecule has 0 saturated carbocycles. The molecule has 6 aromatic rings. The van der Waals surface area contributed by atoms with E-state index in [-0.39, 0.29) is 5.78 Å². The summed E-state index contributed by atoms with van der Waals surface area (Å²) >= 11 is 0. The van der Waals surface area contributed by atoms with Gasteiger partial charge < -0.3 is 9.47 Å². The predicted molar refractivity (Wildman–Crippen MR) is 153 cm³/mol. The first-order chi connectivity index (χ1) is 18.8. The third-order valence-electron chi connectivity index (χ3n) is 6.79. The summed E-state index contributed by atoms with van der Waals surface area (Å²) in [5, 5.41) is 4.34. The zero-order valence-corrected chi connectivity index (χ0v) is 20.8. The molecule has 3 nitrogen and oxygen atoms in total. The van der Waals surface area contributed by atoms with Crippen LogP contribution in [0.15, 0.2) is 133 Å². The molecule has 0 atom stereocenters. The van der Waals surface area contributed by atoms with Gasteiger partial charge in [0.2, 0.25) is 0 Å². The Hall–Kier alpha value is -4.89. The predicted octanol–water partition coefficient (Wildman–Crippen LogP) is 8.38. The molecule has 184 valence electrons. The minimum absolute atomic E-state index is 0.0424. The normalized spacial score (nSPS) is 10.9. The average molecular weight is 495 g/mol. The summed E-state index contributed by atoms with van der Waals surface area (Å²) in [6.07, 6.45) is 0. The van der Waals surface area contributed by atoms with E-state index in [0.29, 0.717) is 24.3 Å². The molecule has 0 aliphatic heterocycles. The second-order valence-electron chi connectivity index (χ2n) is 9.18. The number of ether oxygens (including phenoxy) is 2. The first kappa shape index (κ1) is 23.5. The van der Waals surface area contributed by atoms with E-state index in [1.165, 1.54) is 0 Å². The molecule has 0 saturated heterocycles. The van der Waals surface area contributed by atoms with Crippen LogP contribution >= 0.6 is 0 Å². The Labute approximate surface area is 221 Å². The van der Waals surface area contributed by atoms with Gasteiger partial charge in [-0.1, -0.05) is 121 Å². The number of hydrogen-bond acceptors (Lipinski definition) is 3. The molecule has 0 bridgehead atoms. The Kier molecular flexibility index (Phi) is 6.57. The molecule has 0 spiro atoms. The van der Waals surface area contributed by atoms with E-state index < -0.39 is 0 Å². The number of carbonyl (C=O) groups excluding carboxylic acids is 1. The Bertz CT molecular complexity index is 1610. The highest BCUT2D eigenvalue weighted by molar-refractivity contribution is 6.10. The van der Waals surface area contributed by atoms with Gasteiger partial charge >= 0.3 is 0 Å². The second-order valence-corrected chi connectivity index (χ2v) is 9.18. The highest BCUT2D eigenvalue weighted by atomic mass is 16.5. The zero-order valence-electron chi connectivity index (χ0n) is 20.8. The summed E-state index contributed by atoms with van der Waals surface area (Å²) in [6, 6.07) is 43.6. The highest BCUT2D eigenvalue weighted by Gasteiger charge is 2.18. The third-order valence-corrected chi connectivity index (χ3v) is 6.79. The van der Waals surface area contributed by atoms with Gasteiger partial charge in [-0.2, -0.15) is 0 Å². The van der Waals surface area contributed by atoms with Crippen LogP contribution in [-0.2, 0) is 13.2 Å². The van der Waals surface area contributed by atoms with Crippen molar-refractivity contribution in [3.8, 4) is 11.5 Å². The van der Waals surface area contributed by atoms with Crippen molar-refractivity contribution in [2.75, 3.05) is 0 Å². The Morgan fingerprint density at radius 1 is 0.447 bits per heavy atom. The fraction of sp³-hybridized carbons (Fsp3) is 0.0571. The van der Waals surface area contributed by atoms with Crippen LogP contribution in [0.4, 0.5) is 0 Å². The van der Waals surface area contributed by atoms with Crippen LogP contribution in [0.25, 0.3) is 21.5 Å². The SMILES string of the molecule is O=C(c1ccccc1COc1cccc2ccccc12)c1ccccc1COc1cccc2ccccc12. The van der Waals surface area contributed by atoms with Gasteiger partial charge in [0.1, 0.15) is 24.7 Å². The van der Waals surface area contributed by atoms with Crippen molar-refractivity contribution in [1.82, 2.24) is 0 Å². The largest absolute Gasteiger partial charge is 0.488 e. The fourth-order valence-corrected chi connectivity index (χ4v) is 4.83. The molecule has 0 heterocycles. The van der Waals surface area contributed by atoms with Crippen LogP contribution in [0.1, 0.15) is 27.0 Å². The molecule has 3 heteroatoms. The van der Waals surface area contributed by atoms with Crippen LogP contribution < -0.4 is 9.47 Å². The number of fused-ring (bicyclic) bond motifs is 2. The molecule has 0 N–H and O–H groups in total. The third kappa shape index (κ3) is 4.74. The minimum atomic E-state index is -0.0424. The Balaban J connectivity index is 1.25. The summed E-state index contributed by atoms with van der Waals surface area (Å²) in [4.78, 5) is 13.8. The van der Waals surface area contributed by atoms with Gasteiger partial charge in [0.25, 0.3) is 0 Å². The van der Waals surface area contributed by atoms with E-state index in [1.54, 1.807) is 0 Å². The standard InChI is InChI=1S/C35H26O3/c36-35(31-19-7-3-13-27(31)23-37-33-21-9-15-25-11-1-5-17-29(25)33)32-20-8-4-14-28(32)24-38-34-22-10-16-26-12-2-6-18-30(26)34/h1-22H,23-24H2. The number of rotatable bonds is 8. The lowest BCUT2D eigenvalue weighted by atomic mass is 9.95. The van der Waals surface area contributed by atoms with E-state index >= 15 is 0 Å². The molecule has 0 aliphatic carbocycles. The van der Waals surface area contributed by atoms with E-state index in [2.05, 4.69) is 24.3 Å². The van der Waals surface area contributed by atoms with Crippen molar-refractivity contribution in [2.45, 2.75) is 13.2 Å². The number of carbonyl (C=O) groups is 1. The van der Waals surface area contributed by atoms with Gasteiger partial charge in [-0.25, -0.2) is 0 Å². The molecule has 38 heavy (non-hydrogen) atoms. The van der Waals surface area contributed by atoms with Gasteiger partial charge in [-0.15, -0.1) is 0 Å². The summed E-state index contributed by atoms with van der Waals surface area (Å²) in [5.74, 6) is 1.56. The van der Waals surface area contributed by atoms with Gasteiger partial charge in [-0.3, -0.25) is 4.79 Å². The maximum Gasteiger partial charge on any atom is 0.193 e. The van der Waals surface area contributed by atoms with Crippen LogP contribution in [-0.4, -0.2) is 5.78 Å². The van der Waals surface area contributed by atoms with Crippen LogP contribution in [0.3, 0.4) is 0 Å². The fourth-order valence-electron chi connectivity index (χ4n) is 4.83. The molecular formula is C35H26O3. The molecule has 0 aromatic heterocycles.